The van der Waals surface area contributed by atoms with E-state index in [0.717, 1.165) is 44.0 Å². The van der Waals surface area contributed by atoms with Crippen molar-refractivity contribution in [2.75, 3.05) is 29.9 Å². The highest BCUT2D eigenvalue weighted by Crippen LogP contribution is 2.40. The lowest BCUT2D eigenvalue weighted by Crippen LogP contribution is -2.41. The highest BCUT2D eigenvalue weighted by atomic mass is 32.1. The molecule has 1 saturated carbocycles. The van der Waals surface area contributed by atoms with Gasteiger partial charge in [-0.3, -0.25) is 0 Å². The summed E-state index contributed by atoms with van der Waals surface area (Å²) in [7, 11) is 0. The van der Waals surface area contributed by atoms with Crippen LogP contribution in [0.1, 0.15) is 51.5 Å². The van der Waals surface area contributed by atoms with Crippen LogP contribution in [0.2, 0.25) is 0 Å². The molecule has 4 nitrogen and oxygen atoms in total. The first-order valence-corrected chi connectivity index (χ1v) is 11.9. The number of thiocarbonyl (C=S) groups is 1. The molecule has 4 rings (SSSR count). The third-order valence-electron chi connectivity index (χ3n) is 6.80. The highest BCUT2D eigenvalue weighted by molar-refractivity contribution is 7.80. The maximum Gasteiger partial charge on any atom is 0.170 e. The van der Waals surface area contributed by atoms with Crippen molar-refractivity contribution in [3.05, 3.63) is 54.0 Å². The van der Waals surface area contributed by atoms with Crippen LogP contribution in [-0.4, -0.2) is 29.7 Å². The Hall–Kier alpha value is -2.21. The number of halogens is 1. The lowest BCUT2D eigenvalue weighted by Gasteiger charge is -2.35. The predicted molar refractivity (Wildman–Crippen MR) is 130 cm³/mol. The molecule has 6 heteroatoms. The number of nitrogens with zero attached hydrogens (tertiary/aromatic N) is 2. The molecule has 2 aromatic rings. The van der Waals surface area contributed by atoms with E-state index in [1.807, 2.05) is 24.4 Å². The summed E-state index contributed by atoms with van der Waals surface area (Å²) in [5.41, 5.74) is 2.10. The molecule has 2 aliphatic rings. The molecular formula is C25H33FN4S. The standard InChI is InChI=1S/C25H33FN4S/c1-18-13-19(2)16-30(15-18)23-10-9-22(14-27-23)29-24(31)28-17-25(11-3-4-12-25)20-5-7-21(26)8-6-20/h5-10,14,18-19H,3-4,11-13,15-17H2,1-2H3,(H2,28,29,31)/t18-,19-/m0/s1. The van der Waals surface area contributed by atoms with Gasteiger partial charge in [-0.15, -0.1) is 0 Å². The quantitative estimate of drug-likeness (QED) is 0.601. The summed E-state index contributed by atoms with van der Waals surface area (Å²) in [5, 5.41) is 7.28. The normalized spacial score (nSPS) is 22.9. The van der Waals surface area contributed by atoms with Crippen molar-refractivity contribution in [2.45, 2.75) is 51.4 Å². The largest absolute Gasteiger partial charge is 0.362 e. The van der Waals surface area contributed by atoms with E-state index < -0.39 is 0 Å². The average Bonchev–Trinajstić information content (AvgIpc) is 3.23. The first-order valence-electron chi connectivity index (χ1n) is 11.5. The van der Waals surface area contributed by atoms with Gasteiger partial charge in [0.2, 0.25) is 0 Å². The third-order valence-corrected chi connectivity index (χ3v) is 7.05. The summed E-state index contributed by atoms with van der Waals surface area (Å²) in [5.74, 6) is 2.24. The second-order valence-electron chi connectivity index (χ2n) is 9.56. The molecule has 0 amide bonds. The zero-order valence-electron chi connectivity index (χ0n) is 18.5. The summed E-state index contributed by atoms with van der Waals surface area (Å²) in [6.07, 6.45) is 7.72. The Kier molecular flexibility index (Phi) is 6.75. The predicted octanol–water partition coefficient (Wildman–Crippen LogP) is 5.50. The van der Waals surface area contributed by atoms with Gasteiger partial charge in [0.25, 0.3) is 0 Å². The van der Waals surface area contributed by atoms with E-state index in [-0.39, 0.29) is 11.2 Å². The summed E-state index contributed by atoms with van der Waals surface area (Å²) >= 11 is 5.56. The van der Waals surface area contributed by atoms with Gasteiger partial charge in [0, 0.05) is 25.0 Å². The second kappa shape index (κ2) is 9.51. The Bertz CT molecular complexity index is 867. The van der Waals surface area contributed by atoms with E-state index in [1.54, 1.807) is 12.1 Å². The fourth-order valence-electron chi connectivity index (χ4n) is 5.34. The Labute approximate surface area is 190 Å². The molecule has 166 valence electrons. The molecule has 0 spiro atoms. The molecule has 2 N–H and O–H groups in total. The zero-order valence-corrected chi connectivity index (χ0v) is 19.4. The maximum absolute atomic E-state index is 13.4. The minimum absolute atomic E-state index is 0.0171. The van der Waals surface area contributed by atoms with E-state index in [0.29, 0.717) is 16.9 Å². The number of aromatic nitrogens is 1. The van der Waals surface area contributed by atoms with Crippen LogP contribution in [0.5, 0.6) is 0 Å². The van der Waals surface area contributed by atoms with Gasteiger partial charge >= 0.3 is 0 Å². The number of nitrogens with one attached hydrogen (secondary N) is 2. The van der Waals surface area contributed by atoms with Crippen molar-refractivity contribution >= 4 is 28.8 Å². The van der Waals surface area contributed by atoms with Crippen molar-refractivity contribution in [3.63, 3.8) is 0 Å². The number of pyridine rings is 1. The Morgan fingerprint density at radius 1 is 1.10 bits per heavy atom. The molecule has 31 heavy (non-hydrogen) atoms. The summed E-state index contributed by atoms with van der Waals surface area (Å²) in [6, 6.07) is 11.1. The van der Waals surface area contributed by atoms with E-state index in [4.69, 9.17) is 12.2 Å². The topological polar surface area (TPSA) is 40.2 Å². The summed E-state index contributed by atoms with van der Waals surface area (Å²) < 4.78 is 13.4. The highest BCUT2D eigenvalue weighted by Gasteiger charge is 2.35. The number of piperidine rings is 1. The number of hydrogen-bond acceptors (Lipinski definition) is 3. The second-order valence-corrected chi connectivity index (χ2v) is 9.97. The van der Waals surface area contributed by atoms with Gasteiger partial charge < -0.3 is 15.5 Å². The molecule has 2 fully saturated rings. The molecule has 1 saturated heterocycles. The smallest absolute Gasteiger partial charge is 0.170 e. The van der Waals surface area contributed by atoms with Gasteiger partial charge in [0.1, 0.15) is 11.6 Å². The van der Waals surface area contributed by atoms with E-state index in [1.165, 1.54) is 24.8 Å². The lowest BCUT2D eigenvalue weighted by molar-refractivity contribution is 0.355. The fourth-order valence-corrected chi connectivity index (χ4v) is 5.53. The monoisotopic (exact) mass is 440 g/mol. The van der Waals surface area contributed by atoms with Crippen LogP contribution < -0.4 is 15.5 Å². The van der Waals surface area contributed by atoms with Gasteiger partial charge in [0.15, 0.2) is 5.11 Å². The van der Waals surface area contributed by atoms with Gasteiger partial charge in [-0.2, -0.15) is 0 Å². The molecule has 1 aliphatic heterocycles. The van der Waals surface area contributed by atoms with Gasteiger partial charge in [0.05, 0.1) is 11.9 Å². The van der Waals surface area contributed by atoms with Crippen LogP contribution in [0.4, 0.5) is 15.9 Å². The molecular weight excluding hydrogens is 407 g/mol. The molecule has 0 unspecified atom stereocenters. The third kappa shape index (κ3) is 5.35. The van der Waals surface area contributed by atoms with Crippen molar-refractivity contribution in [3.8, 4) is 0 Å². The molecule has 0 bridgehead atoms. The fraction of sp³-hybridized carbons (Fsp3) is 0.520. The molecule has 2 heterocycles. The maximum atomic E-state index is 13.4. The molecule has 1 aromatic heterocycles. The van der Waals surface area contributed by atoms with Crippen molar-refractivity contribution in [1.29, 1.82) is 0 Å². The Morgan fingerprint density at radius 2 is 1.77 bits per heavy atom. The minimum Gasteiger partial charge on any atom is -0.362 e. The van der Waals surface area contributed by atoms with E-state index in [2.05, 4.69) is 40.4 Å². The Balaban J connectivity index is 1.34. The van der Waals surface area contributed by atoms with Crippen molar-refractivity contribution in [1.82, 2.24) is 10.3 Å². The number of benzene rings is 1. The van der Waals surface area contributed by atoms with Crippen LogP contribution in [-0.2, 0) is 5.41 Å². The SMILES string of the molecule is C[C@H]1C[C@H](C)CN(c2ccc(NC(=S)NCC3(c4ccc(F)cc4)CCCC3)cn2)C1. The van der Waals surface area contributed by atoms with Gasteiger partial charge in [-0.1, -0.05) is 38.8 Å². The first kappa shape index (κ1) is 22.0. The summed E-state index contributed by atoms with van der Waals surface area (Å²) in [6.45, 7) is 7.50. The van der Waals surface area contributed by atoms with Gasteiger partial charge in [-0.25, -0.2) is 9.37 Å². The van der Waals surface area contributed by atoms with Crippen LogP contribution >= 0.6 is 12.2 Å². The van der Waals surface area contributed by atoms with Crippen LogP contribution in [0, 0.1) is 17.7 Å². The lowest BCUT2D eigenvalue weighted by atomic mass is 9.79. The summed E-state index contributed by atoms with van der Waals surface area (Å²) in [4.78, 5) is 7.05. The molecule has 0 radical (unpaired) electrons. The van der Waals surface area contributed by atoms with E-state index in [9.17, 15) is 4.39 Å². The van der Waals surface area contributed by atoms with Crippen molar-refractivity contribution < 1.29 is 4.39 Å². The molecule has 1 aromatic carbocycles. The van der Waals surface area contributed by atoms with E-state index >= 15 is 0 Å². The molecule has 2 atom stereocenters. The van der Waals surface area contributed by atoms with Crippen molar-refractivity contribution in [2.24, 2.45) is 11.8 Å². The Morgan fingerprint density at radius 3 is 2.39 bits per heavy atom. The van der Waals surface area contributed by atoms with Gasteiger partial charge in [-0.05, 0) is 73.1 Å². The van der Waals surface area contributed by atoms with Crippen LogP contribution in [0.25, 0.3) is 0 Å². The minimum atomic E-state index is -0.188. The number of anilines is 2. The molecule has 1 aliphatic carbocycles. The zero-order chi connectivity index (χ0) is 21.8. The number of hydrogen-bond donors (Lipinski definition) is 2. The first-order chi connectivity index (χ1) is 14.9. The average molecular weight is 441 g/mol. The number of rotatable bonds is 5. The van der Waals surface area contributed by atoms with Crippen LogP contribution in [0.15, 0.2) is 42.6 Å². The van der Waals surface area contributed by atoms with Crippen LogP contribution in [0.3, 0.4) is 0 Å².